The van der Waals surface area contributed by atoms with E-state index in [1.807, 2.05) is 0 Å². The molecule has 1 aliphatic rings. The molecule has 2 amide bonds. The van der Waals surface area contributed by atoms with Gasteiger partial charge in [-0.15, -0.1) is 0 Å². The molecule has 1 aromatic carbocycles. The van der Waals surface area contributed by atoms with E-state index in [0.29, 0.717) is 13.1 Å². The Balaban J connectivity index is 1.95. The van der Waals surface area contributed by atoms with Crippen LogP contribution < -0.4 is 5.73 Å². The average Bonchev–Trinajstić information content (AvgIpc) is 2.64. The minimum absolute atomic E-state index is 0.0119. The number of carbonyl (C=O) groups excluding carboxylic acids is 2. The van der Waals surface area contributed by atoms with Gasteiger partial charge in [-0.25, -0.2) is 0 Å². The van der Waals surface area contributed by atoms with Gasteiger partial charge in [0.05, 0.1) is 18.1 Å². The first-order valence-electron chi connectivity index (χ1n) is 8.23. The highest BCUT2D eigenvalue weighted by Crippen LogP contribution is 2.29. The highest BCUT2D eigenvalue weighted by molar-refractivity contribution is 5.94. The number of alkyl halides is 3. The second-order valence-corrected chi connectivity index (χ2v) is 6.05. The summed E-state index contributed by atoms with van der Waals surface area (Å²) < 4.78 is 43.5. The quantitative estimate of drug-likeness (QED) is 0.846. The van der Waals surface area contributed by atoms with Crippen LogP contribution in [-0.4, -0.2) is 67.6 Å². The van der Waals surface area contributed by atoms with E-state index in [4.69, 9.17) is 10.5 Å². The van der Waals surface area contributed by atoms with Crippen LogP contribution in [0.25, 0.3) is 0 Å². The third-order valence-electron chi connectivity index (χ3n) is 4.35. The predicted octanol–water partition coefficient (Wildman–Crippen LogP) is 1.35. The van der Waals surface area contributed by atoms with Crippen LogP contribution in [0.2, 0.25) is 0 Å². The average molecular weight is 373 g/mol. The summed E-state index contributed by atoms with van der Waals surface area (Å²) in [6.07, 6.45) is -4.69. The second-order valence-electron chi connectivity index (χ2n) is 6.05. The molecule has 1 saturated heterocycles. The van der Waals surface area contributed by atoms with Crippen molar-refractivity contribution in [3.63, 3.8) is 0 Å². The standard InChI is InChI=1S/C17H22F3N3O3/c1-26-14(11-21)10-15(24)22-5-7-23(8-6-22)16(25)12-3-2-4-13(9-12)17(18,19)20/h2-4,9,14H,5-8,10-11,21H2,1H3. The fourth-order valence-corrected chi connectivity index (χ4v) is 2.76. The van der Waals surface area contributed by atoms with Gasteiger partial charge in [0.15, 0.2) is 0 Å². The van der Waals surface area contributed by atoms with Crippen LogP contribution in [0.3, 0.4) is 0 Å². The molecule has 1 unspecified atom stereocenters. The van der Waals surface area contributed by atoms with Crippen molar-refractivity contribution in [2.24, 2.45) is 5.73 Å². The molecule has 9 heteroatoms. The molecule has 2 N–H and O–H groups in total. The maximum Gasteiger partial charge on any atom is 0.416 e. The third-order valence-corrected chi connectivity index (χ3v) is 4.35. The number of benzene rings is 1. The molecule has 1 heterocycles. The van der Waals surface area contributed by atoms with Crippen LogP contribution in [0.15, 0.2) is 24.3 Å². The Hall–Kier alpha value is -2.13. The first kappa shape index (κ1) is 20.2. The lowest BCUT2D eigenvalue weighted by Gasteiger charge is -2.35. The smallest absolute Gasteiger partial charge is 0.380 e. The molecule has 0 aromatic heterocycles. The van der Waals surface area contributed by atoms with E-state index < -0.39 is 17.6 Å². The molecular weight excluding hydrogens is 351 g/mol. The number of rotatable bonds is 5. The molecule has 144 valence electrons. The van der Waals surface area contributed by atoms with Crippen molar-refractivity contribution < 1.29 is 27.5 Å². The number of hydrogen-bond donors (Lipinski definition) is 1. The Kier molecular flexibility index (Phi) is 6.60. The molecule has 0 spiro atoms. The van der Waals surface area contributed by atoms with E-state index in [1.165, 1.54) is 24.1 Å². The molecule has 0 aliphatic carbocycles. The van der Waals surface area contributed by atoms with Crippen molar-refractivity contribution in [2.75, 3.05) is 39.8 Å². The highest BCUT2D eigenvalue weighted by atomic mass is 19.4. The van der Waals surface area contributed by atoms with Gasteiger partial charge >= 0.3 is 6.18 Å². The fourth-order valence-electron chi connectivity index (χ4n) is 2.76. The van der Waals surface area contributed by atoms with E-state index in [0.717, 1.165) is 12.1 Å². The van der Waals surface area contributed by atoms with Gasteiger partial charge in [0.2, 0.25) is 5.91 Å². The lowest BCUT2D eigenvalue weighted by molar-refractivity contribution is -0.137. The number of piperazine rings is 1. The maximum atomic E-state index is 12.8. The van der Waals surface area contributed by atoms with Crippen LogP contribution in [0.4, 0.5) is 13.2 Å². The molecule has 1 aromatic rings. The molecule has 0 bridgehead atoms. The highest BCUT2D eigenvalue weighted by Gasteiger charge is 2.32. The number of hydrogen-bond acceptors (Lipinski definition) is 4. The van der Waals surface area contributed by atoms with Gasteiger partial charge < -0.3 is 20.3 Å². The molecule has 0 radical (unpaired) electrons. The lowest BCUT2D eigenvalue weighted by Crippen LogP contribution is -2.51. The monoisotopic (exact) mass is 373 g/mol. The summed E-state index contributed by atoms with van der Waals surface area (Å²) >= 11 is 0. The number of nitrogens with zero attached hydrogens (tertiary/aromatic N) is 2. The fraction of sp³-hybridized carbons (Fsp3) is 0.529. The number of halogens is 3. The number of methoxy groups -OCH3 is 1. The SMILES string of the molecule is COC(CN)CC(=O)N1CCN(C(=O)c2cccc(C(F)(F)F)c2)CC1. The third kappa shape index (κ3) is 4.95. The Morgan fingerprint density at radius 3 is 2.35 bits per heavy atom. The predicted molar refractivity (Wildman–Crippen MR) is 88.4 cm³/mol. The van der Waals surface area contributed by atoms with Gasteiger partial charge in [-0.1, -0.05) is 6.07 Å². The van der Waals surface area contributed by atoms with Crippen molar-refractivity contribution in [1.82, 2.24) is 9.80 Å². The number of carbonyl (C=O) groups is 2. The van der Waals surface area contributed by atoms with E-state index in [-0.39, 0.29) is 43.6 Å². The lowest BCUT2D eigenvalue weighted by atomic mass is 10.1. The molecule has 1 fully saturated rings. The van der Waals surface area contributed by atoms with Crippen molar-refractivity contribution in [1.29, 1.82) is 0 Å². The Morgan fingerprint density at radius 1 is 1.19 bits per heavy atom. The van der Waals surface area contributed by atoms with Crippen molar-refractivity contribution >= 4 is 11.8 Å². The number of nitrogens with two attached hydrogens (primary N) is 1. The first-order chi connectivity index (χ1) is 12.3. The zero-order chi connectivity index (χ0) is 19.3. The van der Waals surface area contributed by atoms with E-state index in [2.05, 4.69) is 0 Å². The molecule has 6 nitrogen and oxygen atoms in total. The van der Waals surface area contributed by atoms with Crippen molar-refractivity contribution in [2.45, 2.75) is 18.7 Å². The summed E-state index contributed by atoms with van der Waals surface area (Å²) in [6.45, 7) is 1.41. The minimum atomic E-state index is -4.50. The molecular formula is C17H22F3N3O3. The molecule has 1 aliphatic heterocycles. The molecule has 2 rings (SSSR count). The van der Waals surface area contributed by atoms with Gasteiger partial charge in [-0.3, -0.25) is 9.59 Å². The molecule has 0 saturated carbocycles. The maximum absolute atomic E-state index is 12.8. The Bertz CT molecular complexity index is 640. The summed E-state index contributed by atoms with van der Waals surface area (Å²) in [5, 5.41) is 0. The van der Waals surface area contributed by atoms with E-state index in [1.54, 1.807) is 4.90 Å². The van der Waals surface area contributed by atoms with Gasteiger partial charge in [0.1, 0.15) is 0 Å². The molecule has 26 heavy (non-hydrogen) atoms. The molecule has 1 atom stereocenters. The second kappa shape index (κ2) is 8.50. The first-order valence-corrected chi connectivity index (χ1v) is 8.23. The minimum Gasteiger partial charge on any atom is -0.380 e. The largest absolute Gasteiger partial charge is 0.416 e. The van der Waals surface area contributed by atoms with Gasteiger partial charge in [-0.2, -0.15) is 13.2 Å². The van der Waals surface area contributed by atoms with Crippen LogP contribution in [0.5, 0.6) is 0 Å². The van der Waals surface area contributed by atoms with Gasteiger partial charge in [-0.05, 0) is 18.2 Å². The summed E-state index contributed by atoms with van der Waals surface area (Å²) in [4.78, 5) is 27.7. The summed E-state index contributed by atoms with van der Waals surface area (Å²) in [5.41, 5.74) is 4.63. The zero-order valence-corrected chi connectivity index (χ0v) is 14.5. The van der Waals surface area contributed by atoms with Crippen molar-refractivity contribution in [3.05, 3.63) is 35.4 Å². The number of amides is 2. The summed E-state index contributed by atoms with van der Waals surface area (Å²) in [6, 6.07) is 4.36. The Labute approximate surface area is 149 Å². The van der Waals surface area contributed by atoms with Crippen LogP contribution in [0.1, 0.15) is 22.3 Å². The summed E-state index contributed by atoms with van der Waals surface area (Å²) in [7, 11) is 1.48. The zero-order valence-electron chi connectivity index (χ0n) is 14.5. The normalized spacial score (nSPS) is 16.5. The van der Waals surface area contributed by atoms with Crippen LogP contribution in [-0.2, 0) is 15.7 Å². The Morgan fingerprint density at radius 2 is 1.81 bits per heavy atom. The van der Waals surface area contributed by atoms with Gasteiger partial charge in [0.25, 0.3) is 5.91 Å². The number of ether oxygens (including phenoxy) is 1. The van der Waals surface area contributed by atoms with E-state index in [9.17, 15) is 22.8 Å². The van der Waals surface area contributed by atoms with Crippen molar-refractivity contribution in [3.8, 4) is 0 Å². The summed E-state index contributed by atoms with van der Waals surface area (Å²) in [5.74, 6) is -0.589. The van der Waals surface area contributed by atoms with Crippen LogP contribution >= 0.6 is 0 Å². The topological polar surface area (TPSA) is 75.9 Å². The van der Waals surface area contributed by atoms with E-state index >= 15 is 0 Å². The van der Waals surface area contributed by atoms with Crippen LogP contribution in [0, 0.1) is 0 Å². The van der Waals surface area contributed by atoms with Gasteiger partial charge in [0, 0.05) is 45.4 Å².